The number of halogens is 1. The molecular formula is C24H25Cl. The SMILES string of the molecule is CCc1ccc(Cc2ccc(Cc3ccc(CC)c(Cl)c3)cc2)cc1. The number of rotatable bonds is 6. The fraction of sp³-hybridized carbons (Fsp3) is 0.250. The molecule has 0 amide bonds. The molecule has 0 fully saturated rings. The molecule has 0 spiro atoms. The zero-order valence-corrected chi connectivity index (χ0v) is 15.8. The second-order valence-corrected chi connectivity index (χ2v) is 7.03. The lowest BCUT2D eigenvalue weighted by Gasteiger charge is -2.08. The Kier molecular flexibility index (Phi) is 5.94. The molecule has 0 bridgehead atoms. The van der Waals surface area contributed by atoms with Gasteiger partial charge in [0.2, 0.25) is 0 Å². The van der Waals surface area contributed by atoms with Gasteiger partial charge >= 0.3 is 0 Å². The molecule has 0 N–H and O–H groups in total. The lowest BCUT2D eigenvalue weighted by Crippen LogP contribution is -1.93. The van der Waals surface area contributed by atoms with E-state index in [-0.39, 0.29) is 0 Å². The van der Waals surface area contributed by atoms with Crippen molar-refractivity contribution in [3.63, 3.8) is 0 Å². The zero-order chi connectivity index (χ0) is 17.6. The lowest BCUT2D eigenvalue weighted by molar-refractivity contribution is 1.11. The summed E-state index contributed by atoms with van der Waals surface area (Å²) >= 11 is 6.33. The maximum atomic E-state index is 6.33. The Morgan fingerprint density at radius 1 is 0.560 bits per heavy atom. The summed E-state index contributed by atoms with van der Waals surface area (Å²) in [7, 11) is 0. The molecule has 0 nitrogen and oxygen atoms in total. The van der Waals surface area contributed by atoms with E-state index in [1.165, 1.54) is 33.4 Å². The minimum atomic E-state index is 0.882. The molecule has 0 aliphatic rings. The van der Waals surface area contributed by atoms with Gasteiger partial charge in [-0.15, -0.1) is 0 Å². The maximum absolute atomic E-state index is 6.33. The average molecular weight is 349 g/mol. The Balaban J connectivity index is 1.66. The molecule has 0 atom stereocenters. The first-order chi connectivity index (χ1) is 12.2. The second-order valence-electron chi connectivity index (χ2n) is 6.62. The van der Waals surface area contributed by atoms with Crippen molar-refractivity contribution in [1.29, 1.82) is 0 Å². The third-order valence-corrected chi connectivity index (χ3v) is 5.12. The van der Waals surface area contributed by atoms with Crippen LogP contribution in [0.25, 0.3) is 0 Å². The van der Waals surface area contributed by atoms with Crippen LogP contribution in [0.4, 0.5) is 0 Å². The van der Waals surface area contributed by atoms with Gasteiger partial charge in [0.15, 0.2) is 0 Å². The lowest BCUT2D eigenvalue weighted by atomic mass is 9.99. The van der Waals surface area contributed by atoms with Crippen LogP contribution >= 0.6 is 11.6 Å². The number of aryl methyl sites for hydroxylation is 2. The van der Waals surface area contributed by atoms with E-state index in [1.54, 1.807) is 0 Å². The van der Waals surface area contributed by atoms with E-state index in [1.807, 2.05) is 0 Å². The van der Waals surface area contributed by atoms with Crippen LogP contribution in [0, 0.1) is 0 Å². The van der Waals surface area contributed by atoms with Crippen molar-refractivity contribution in [1.82, 2.24) is 0 Å². The third-order valence-electron chi connectivity index (χ3n) is 4.77. The number of hydrogen-bond acceptors (Lipinski definition) is 0. The van der Waals surface area contributed by atoms with Gasteiger partial charge in [0, 0.05) is 5.02 Å². The molecular weight excluding hydrogens is 324 g/mol. The van der Waals surface area contributed by atoms with E-state index in [0.717, 1.165) is 30.7 Å². The molecule has 0 aliphatic heterocycles. The third kappa shape index (κ3) is 4.74. The summed E-state index contributed by atoms with van der Waals surface area (Å²) in [5.74, 6) is 0. The normalized spacial score (nSPS) is 10.8. The molecule has 0 heterocycles. The molecule has 0 aromatic heterocycles. The van der Waals surface area contributed by atoms with Crippen molar-refractivity contribution in [3.8, 4) is 0 Å². The highest BCUT2D eigenvalue weighted by Crippen LogP contribution is 2.21. The van der Waals surface area contributed by atoms with E-state index in [9.17, 15) is 0 Å². The van der Waals surface area contributed by atoms with Crippen molar-refractivity contribution in [2.45, 2.75) is 39.5 Å². The second kappa shape index (κ2) is 8.36. The summed E-state index contributed by atoms with van der Waals surface area (Å²) < 4.78 is 0. The van der Waals surface area contributed by atoms with Gasteiger partial charge in [-0.3, -0.25) is 0 Å². The smallest absolute Gasteiger partial charge is 0.0440 e. The van der Waals surface area contributed by atoms with Gasteiger partial charge in [0.05, 0.1) is 0 Å². The van der Waals surface area contributed by atoms with Crippen molar-refractivity contribution in [3.05, 3.63) is 105 Å². The van der Waals surface area contributed by atoms with E-state index in [2.05, 4.69) is 80.6 Å². The predicted octanol–water partition coefficient (Wildman–Crippen LogP) is 6.65. The maximum Gasteiger partial charge on any atom is 0.0440 e. The van der Waals surface area contributed by atoms with Gasteiger partial charge in [-0.05, 0) is 65.1 Å². The van der Waals surface area contributed by atoms with Gasteiger partial charge in [0.1, 0.15) is 0 Å². The predicted molar refractivity (Wildman–Crippen MR) is 109 cm³/mol. The monoisotopic (exact) mass is 348 g/mol. The summed E-state index contributed by atoms with van der Waals surface area (Å²) in [6.07, 6.45) is 3.99. The van der Waals surface area contributed by atoms with Gasteiger partial charge in [-0.1, -0.05) is 86.1 Å². The van der Waals surface area contributed by atoms with Crippen LogP contribution < -0.4 is 0 Å². The summed E-state index contributed by atoms with van der Waals surface area (Å²) in [4.78, 5) is 0. The fourth-order valence-electron chi connectivity index (χ4n) is 3.13. The largest absolute Gasteiger partial charge is 0.0840 e. The van der Waals surface area contributed by atoms with Crippen LogP contribution in [0.15, 0.2) is 66.7 Å². The minimum absolute atomic E-state index is 0.882. The first-order valence-electron chi connectivity index (χ1n) is 9.11. The molecule has 0 saturated heterocycles. The Bertz CT molecular complexity index is 814. The standard InChI is InChI=1S/C24H25Cl/c1-3-18-5-7-19(8-6-18)15-20-9-11-21(12-10-20)16-22-13-14-23(4-2)24(25)17-22/h5-14,17H,3-4,15-16H2,1-2H3. The van der Waals surface area contributed by atoms with Crippen LogP contribution in [0.5, 0.6) is 0 Å². The summed E-state index contributed by atoms with van der Waals surface area (Å²) in [6.45, 7) is 4.33. The van der Waals surface area contributed by atoms with Gasteiger partial charge in [0.25, 0.3) is 0 Å². The fourth-order valence-corrected chi connectivity index (χ4v) is 3.46. The van der Waals surface area contributed by atoms with Crippen LogP contribution in [0.1, 0.15) is 47.2 Å². The van der Waals surface area contributed by atoms with E-state index >= 15 is 0 Å². The highest BCUT2D eigenvalue weighted by molar-refractivity contribution is 6.31. The van der Waals surface area contributed by atoms with E-state index in [4.69, 9.17) is 11.6 Å². The van der Waals surface area contributed by atoms with Crippen molar-refractivity contribution >= 4 is 11.6 Å². The van der Waals surface area contributed by atoms with Crippen LogP contribution in [-0.2, 0) is 25.7 Å². The topological polar surface area (TPSA) is 0 Å². The van der Waals surface area contributed by atoms with Crippen molar-refractivity contribution in [2.75, 3.05) is 0 Å². The summed E-state index contributed by atoms with van der Waals surface area (Å²) in [5.41, 5.74) is 7.93. The van der Waals surface area contributed by atoms with E-state index in [0.29, 0.717) is 0 Å². The first kappa shape index (κ1) is 17.8. The molecule has 1 heteroatoms. The van der Waals surface area contributed by atoms with Crippen LogP contribution in [0.2, 0.25) is 5.02 Å². The summed E-state index contributed by atoms with van der Waals surface area (Å²) in [6, 6.07) is 24.3. The first-order valence-corrected chi connectivity index (χ1v) is 9.48. The quantitative estimate of drug-likeness (QED) is 0.468. The molecule has 3 aromatic carbocycles. The molecule has 128 valence electrons. The zero-order valence-electron chi connectivity index (χ0n) is 15.1. The molecule has 25 heavy (non-hydrogen) atoms. The van der Waals surface area contributed by atoms with Crippen molar-refractivity contribution in [2.24, 2.45) is 0 Å². The van der Waals surface area contributed by atoms with Crippen LogP contribution in [0.3, 0.4) is 0 Å². The molecule has 3 rings (SSSR count). The Morgan fingerprint density at radius 2 is 1.00 bits per heavy atom. The molecule has 3 aromatic rings. The van der Waals surface area contributed by atoms with Gasteiger partial charge in [-0.2, -0.15) is 0 Å². The number of hydrogen-bond donors (Lipinski definition) is 0. The van der Waals surface area contributed by atoms with Gasteiger partial charge in [-0.25, -0.2) is 0 Å². The molecule has 0 saturated carbocycles. The highest BCUT2D eigenvalue weighted by Gasteiger charge is 2.03. The molecule has 0 unspecified atom stereocenters. The van der Waals surface area contributed by atoms with Crippen molar-refractivity contribution < 1.29 is 0 Å². The molecule has 0 aliphatic carbocycles. The average Bonchev–Trinajstić information content (AvgIpc) is 2.64. The Labute approximate surface area is 156 Å². The molecule has 0 radical (unpaired) electrons. The van der Waals surface area contributed by atoms with Crippen LogP contribution in [-0.4, -0.2) is 0 Å². The number of benzene rings is 3. The van der Waals surface area contributed by atoms with Gasteiger partial charge < -0.3 is 0 Å². The highest BCUT2D eigenvalue weighted by atomic mass is 35.5. The Morgan fingerprint density at radius 3 is 1.44 bits per heavy atom. The van der Waals surface area contributed by atoms with E-state index < -0.39 is 0 Å². The Hall–Kier alpha value is -2.05. The summed E-state index contributed by atoms with van der Waals surface area (Å²) in [5, 5.41) is 0.882. The minimum Gasteiger partial charge on any atom is -0.0840 e.